The molecule has 0 aromatic heterocycles. The molecule has 0 radical (unpaired) electrons. The Morgan fingerprint density at radius 3 is 2.45 bits per heavy atom. The largest absolute Gasteiger partial charge is 0.481 e. The summed E-state index contributed by atoms with van der Waals surface area (Å²) in [6.45, 7) is 9.24. The first kappa shape index (κ1) is 16.3. The highest BCUT2D eigenvalue weighted by molar-refractivity contribution is 5.75. The molecule has 3 fully saturated rings. The van der Waals surface area contributed by atoms with Crippen molar-refractivity contribution in [3.05, 3.63) is 0 Å². The maximum Gasteiger partial charge on any atom is 0.309 e. The van der Waals surface area contributed by atoms with Gasteiger partial charge in [-0.05, 0) is 86.9 Å². The van der Waals surface area contributed by atoms with E-state index in [0.717, 1.165) is 42.9 Å². The minimum atomic E-state index is -0.544. The van der Waals surface area contributed by atoms with E-state index in [2.05, 4.69) is 20.8 Å². The summed E-state index contributed by atoms with van der Waals surface area (Å²) < 4.78 is 0. The molecule has 3 rings (SSSR count). The number of hydrogen-bond donors (Lipinski definition) is 1. The number of carboxylic acid groups (broad SMARTS) is 1. The smallest absolute Gasteiger partial charge is 0.309 e. The van der Waals surface area contributed by atoms with Crippen LogP contribution in [0.2, 0.25) is 0 Å². The Kier molecular flexibility index (Phi) is 4.10. The van der Waals surface area contributed by atoms with Crippen LogP contribution in [0.1, 0.15) is 79.1 Å². The number of carboxylic acids is 1. The summed E-state index contributed by atoms with van der Waals surface area (Å²) in [5.41, 5.74) is -0.205. The van der Waals surface area contributed by atoms with Gasteiger partial charge >= 0.3 is 5.97 Å². The second-order valence-corrected chi connectivity index (χ2v) is 9.40. The van der Waals surface area contributed by atoms with Crippen LogP contribution in [0.4, 0.5) is 0 Å². The van der Waals surface area contributed by atoms with Gasteiger partial charge in [0.2, 0.25) is 0 Å². The lowest BCUT2D eigenvalue weighted by Gasteiger charge is -2.60. The molecule has 3 aliphatic carbocycles. The lowest BCUT2D eigenvalue weighted by molar-refractivity contribution is -0.173. The third-order valence-corrected chi connectivity index (χ3v) is 8.10. The Morgan fingerprint density at radius 1 is 1.09 bits per heavy atom. The number of carbonyl (C=O) groups is 1. The van der Waals surface area contributed by atoms with Crippen LogP contribution in [0.25, 0.3) is 0 Å². The van der Waals surface area contributed by atoms with Gasteiger partial charge in [0.1, 0.15) is 0 Å². The fourth-order valence-corrected chi connectivity index (χ4v) is 6.73. The van der Waals surface area contributed by atoms with E-state index >= 15 is 0 Å². The van der Waals surface area contributed by atoms with Crippen molar-refractivity contribution in [3.63, 3.8) is 0 Å². The van der Waals surface area contributed by atoms with Crippen molar-refractivity contribution in [1.29, 1.82) is 0 Å². The SMILES string of the molecule is CC(C)C1CC[C@H]2C(CC[C@@H]3[C@]2(C)CCC[C@@]3(C)C(=O)O)C1. The van der Waals surface area contributed by atoms with E-state index < -0.39 is 11.4 Å². The van der Waals surface area contributed by atoms with Gasteiger partial charge in [-0.3, -0.25) is 4.79 Å². The summed E-state index contributed by atoms with van der Waals surface area (Å²) in [5, 5.41) is 9.86. The Hall–Kier alpha value is -0.530. The van der Waals surface area contributed by atoms with Crippen molar-refractivity contribution < 1.29 is 9.90 Å². The molecule has 0 aliphatic heterocycles. The van der Waals surface area contributed by atoms with Crippen LogP contribution in [0.15, 0.2) is 0 Å². The zero-order valence-corrected chi connectivity index (χ0v) is 14.9. The number of rotatable bonds is 2. The first-order chi connectivity index (χ1) is 10.3. The van der Waals surface area contributed by atoms with E-state index in [1.54, 1.807) is 0 Å². The minimum Gasteiger partial charge on any atom is -0.481 e. The summed E-state index contributed by atoms with van der Waals surface area (Å²) in [5.74, 6) is 3.19. The van der Waals surface area contributed by atoms with Gasteiger partial charge in [-0.2, -0.15) is 0 Å². The third-order valence-electron chi connectivity index (χ3n) is 8.10. The summed E-state index contributed by atoms with van der Waals surface area (Å²) in [6, 6.07) is 0. The van der Waals surface area contributed by atoms with Crippen LogP contribution in [-0.4, -0.2) is 11.1 Å². The Morgan fingerprint density at radius 2 is 1.82 bits per heavy atom. The van der Waals surface area contributed by atoms with Gasteiger partial charge in [0.15, 0.2) is 0 Å². The minimum absolute atomic E-state index is 0.274. The topological polar surface area (TPSA) is 37.3 Å². The lowest BCUT2D eigenvalue weighted by Crippen LogP contribution is -2.56. The molecule has 0 aromatic rings. The summed E-state index contributed by atoms with van der Waals surface area (Å²) >= 11 is 0. The van der Waals surface area contributed by atoms with E-state index in [1.807, 2.05) is 6.92 Å². The van der Waals surface area contributed by atoms with E-state index in [4.69, 9.17) is 0 Å². The quantitative estimate of drug-likeness (QED) is 0.745. The maximum atomic E-state index is 12.0. The van der Waals surface area contributed by atoms with E-state index in [1.165, 1.54) is 32.1 Å². The number of fused-ring (bicyclic) bond motifs is 3. The molecule has 3 aliphatic rings. The third kappa shape index (κ3) is 2.32. The lowest BCUT2D eigenvalue weighted by atomic mass is 9.43. The predicted molar refractivity (Wildman–Crippen MR) is 89.6 cm³/mol. The first-order valence-corrected chi connectivity index (χ1v) is 9.52. The van der Waals surface area contributed by atoms with Gasteiger partial charge in [-0.25, -0.2) is 0 Å². The molecule has 0 aromatic carbocycles. The van der Waals surface area contributed by atoms with Gasteiger partial charge in [-0.1, -0.05) is 27.2 Å². The van der Waals surface area contributed by atoms with Crippen LogP contribution < -0.4 is 0 Å². The van der Waals surface area contributed by atoms with Gasteiger partial charge in [0.05, 0.1) is 5.41 Å². The molecule has 2 nitrogen and oxygen atoms in total. The second kappa shape index (κ2) is 5.53. The Balaban J connectivity index is 1.86. The molecule has 0 bridgehead atoms. The van der Waals surface area contributed by atoms with Crippen molar-refractivity contribution in [2.75, 3.05) is 0 Å². The fraction of sp³-hybridized carbons (Fsp3) is 0.950. The maximum absolute atomic E-state index is 12.0. The fourth-order valence-electron chi connectivity index (χ4n) is 6.73. The summed E-state index contributed by atoms with van der Waals surface area (Å²) in [6.07, 6.45) is 9.77. The summed E-state index contributed by atoms with van der Waals surface area (Å²) in [4.78, 5) is 12.0. The van der Waals surface area contributed by atoms with Gasteiger partial charge in [0.25, 0.3) is 0 Å². The molecule has 2 heteroatoms. The molecule has 0 saturated heterocycles. The van der Waals surface area contributed by atoms with Crippen molar-refractivity contribution in [2.45, 2.75) is 79.1 Å². The first-order valence-electron chi connectivity index (χ1n) is 9.52. The van der Waals surface area contributed by atoms with Gasteiger partial charge in [-0.15, -0.1) is 0 Å². The summed E-state index contributed by atoms with van der Waals surface area (Å²) in [7, 11) is 0. The molecule has 0 heterocycles. The van der Waals surface area contributed by atoms with Gasteiger partial charge in [0, 0.05) is 0 Å². The molecule has 3 saturated carbocycles. The zero-order chi connectivity index (χ0) is 16.1. The highest BCUT2D eigenvalue weighted by atomic mass is 16.4. The zero-order valence-electron chi connectivity index (χ0n) is 14.9. The van der Waals surface area contributed by atoms with Crippen LogP contribution in [0, 0.1) is 40.4 Å². The second-order valence-electron chi connectivity index (χ2n) is 9.40. The molecule has 0 spiro atoms. The van der Waals surface area contributed by atoms with Crippen LogP contribution in [-0.2, 0) is 4.79 Å². The van der Waals surface area contributed by atoms with Gasteiger partial charge < -0.3 is 5.11 Å². The molecule has 0 amide bonds. The number of hydrogen-bond acceptors (Lipinski definition) is 1. The molecular weight excluding hydrogens is 272 g/mol. The van der Waals surface area contributed by atoms with Crippen molar-refractivity contribution in [3.8, 4) is 0 Å². The average molecular weight is 306 g/mol. The van der Waals surface area contributed by atoms with Crippen LogP contribution in [0.3, 0.4) is 0 Å². The Bertz CT molecular complexity index is 443. The predicted octanol–water partition coefficient (Wildman–Crippen LogP) is 5.37. The molecule has 126 valence electrons. The van der Waals surface area contributed by atoms with Crippen molar-refractivity contribution in [2.24, 2.45) is 40.4 Å². The highest BCUT2D eigenvalue weighted by Crippen LogP contribution is 2.64. The molecule has 2 unspecified atom stereocenters. The monoisotopic (exact) mass is 306 g/mol. The number of aliphatic carboxylic acids is 1. The van der Waals surface area contributed by atoms with Crippen molar-refractivity contribution in [1.82, 2.24) is 0 Å². The highest BCUT2D eigenvalue weighted by Gasteiger charge is 2.59. The molecular formula is C20H34O2. The standard InChI is InChI=1S/C20H34O2/c1-13(2)14-6-8-16-15(12-14)7-9-17-19(16,3)10-5-11-20(17,4)18(21)22/h13-17H,5-12H2,1-4H3,(H,21,22)/t14?,15?,16-,17+,19+,20+/m0/s1. The van der Waals surface area contributed by atoms with E-state index in [-0.39, 0.29) is 5.41 Å². The Labute approximate surface area is 136 Å². The van der Waals surface area contributed by atoms with Crippen LogP contribution in [0.5, 0.6) is 0 Å². The van der Waals surface area contributed by atoms with E-state index in [9.17, 15) is 9.90 Å². The van der Waals surface area contributed by atoms with Crippen molar-refractivity contribution >= 4 is 5.97 Å². The molecule has 1 N–H and O–H groups in total. The normalized spacial score (nSPS) is 48.6. The average Bonchev–Trinajstić information content (AvgIpc) is 2.46. The molecule has 6 atom stereocenters. The molecule has 22 heavy (non-hydrogen) atoms. The van der Waals surface area contributed by atoms with E-state index in [0.29, 0.717) is 5.92 Å². The van der Waals surface area contributed by atoms with Crippen LogP contribution >= 0.6 is 0 Å².